The minimum absolute atomic E-state index is 0.162. The molecule has 0 aliphatic carbocycles. The van der Waals surface area contributed by atoms with E-state index in [0.717, 1.165) is 16.9 Å². The number of carbonyl (C=O) groups is 1. The van der Waals surface area contributed by atoms with Gasteiger partial charge < -0.3 is 20.3 Å². The molecule has 5 heteroatoms. The second-order valence-corrected chi connectivity index (χ2v) is 4.76. The summed E-state index contributed by atoms with van der Waals surface area (Å²) >= 11 is 0. The van der Waals surface area contributed by atoms with Gasteiger partial charge in [-0.3, -0.25) is 0 Å². The molecular formula is C15H19N3O2. The van der Waals surface area contributed by atoms with Gasteiger partial charge >= 0.3 is 6.03 Å². The summed E-state index contributed by atoms with van der Waals surface area (Å²) in [6, 6.07) is 10.9. The Balaban J connectivity index is 1.85. The number of nitrogens with one attached hydrogen (secondary N) is 2. The molecule has 3 N–H and O–H groups in total. The molecule has 2 amide bonds. The van der Waals surface area contributed by atoms with E-state index in [0.29, 0.717) is 0 Å². The van der Waals surface area contributed by atoms with Crippen molar-refractivity contribution in [3.63, 3.8) is 0 Å². The Morgan fingerprint density at radius 1 is 1.35 bits per heavy atom. The van der Waals surface area contributed by atoms with Gasteiger partial charge in [-0.25, -0.2) is 4.79 Å². The van der Waals surface area contributed by atoms with Crippen LogP contribution in [0.5, 0.6) is 0 Å². The Morgan fingerprint density at radius 2 is 2.15 bits per heavy atom. The summed E-state index contributed by atoms with van der Waals surface area (Å²) in [6.45, 7) is 2.12. The number of aryl methyl sites for hydroxylation is 2. The number of urea groups is 1. The van der Waals surface area contributed by atoms with Crippen molar-refractivity contribution in [2.45, 2.75) is 13.0 Å². The summed E-state index contributed by atoms with van der Waals surface area (Å²) in [5.74, 6) is 0. The van der Waals surface area contributed by atoms with Gasteiger partial charge in [0, 0.05) is 24.6 Å². The van der Waals surface area contributed by atoms with Crippen molar-refractivity contribution in [3.8, 4) is 0 Å². The molecule has 1 aromatic carbocycles. The third kappa shape index (κ3) is 3.61. The highest BCUT2D eigenvalue weighted by molar-refractivity contribution is 5.89. The molecule has 0 bridgehead atoms. The maximum absolute atomic E-state index is 11.7. The summed E-state index contributed by atoms with van der Waals surface area (Å²) in [7, 11) is 1.85. The van der Waals surface area contributed by atoms with Gasteiger partial charge in [-0.15, -0.1) is 0 Å². The molecule has 1 aromatic heterocycles. The number of aromatic nitrogens is 1. The maximum Gasteiger partial charge on any atom is 0.319 e. The van der Waals surface area contributed by atoms with E-state index in [4.69, 9.17) is 0 Å². The van der Waals surface area contributed by atoms with Crippen LogP contribution in [0.25, 0.3) is 0 Å². The summed E-state index contributed by atoms with van der Waals surface area (Å²) < 4.78 is 1.82. The molecule has 20 heavy (non-hydrogen) atoms. The van der Waals surface area contributed by atoms with Crippen LogP contribution in [0.15, 0.2) is 42.6 Å². The molecular weight excluding hydrogens is 254 g/mol. The Labute approximate surface area is 118 Å². The van der Waals surface area contributed by atoms with Crippen molar-refractivity contribution in [2.24, 2.45) is 7.05 Å². The topological polar surface area (TPSA) is 66.3 Å². The first-order chi connectivity index (χ1) is 9.56. The number of nitrogens with zero attached hydrogens (tertiary/aromatic N) is 1. The van der Waals surface area contributed by atoms with Gasteiger partial charge in [0.1, 0.15) is 6.10 Å². The summed E-state index contributed by atoms with van der Waals surface area (Å²) in [5, 5.41) is 15.4. The number of benzene rings is 1. The molecule has 5 nitrogen and oxygen atoms in total. The number of rotatable bonds is 4. The molecule has 1 atom stereocenters. The average Bonchev–Trinajstić information content (AvgIpc) is 2.82. The highest BCUT2D eigenvalue weighted by Crippen LogP contribution is 2.12. The fraction of sp³-hybridized carbons (Fsp3) is 0.267. The van der Waals surface area contributed by atoms with Crippen molar-refractivity contribution in [3.05, 3.63) is 53.9 Å². The van der Waals surface area contributed by atoms with E-state index in [9.17, 15) is 9.90 Å². The molecule has 0 saturated carbocycles. The molecule has 0 radical (unpaired) electrons. The zero-order chi connectivity index (χ0) is 14.5. The minimum Gasteiger partial charge on any atom is -0.385 e. The van der Waals surface area contributed by atoms with E-state index < -0.39 is 6.10 Å². The Hall–Kier alpha value is -2.27. The second kappa shape index (κ2) is 6.25. The molecule has 1 heterocycles. The summed E-state index contributed by atoms with van der Waals surface area (Å²) in [6.07, 6.45) is 1.13. The maximum atomic E-state index is 11.7. The van der Waals surface area contributed by atoms with Gasteiger partial charge in [-0.05, 0) is 36.8 Å². The lowest BCUT2D eigenvalue weighted by Crippen LogP contribution is -2.32. The van der Waals surface area contributed by atoms with E-state index in [1.54, 1.807) is 0 Å². The summed E-state index contributed by atoms with van der Waals surface area (Å²) in [5.41, 5.74) is 2.57. The van der Waals surface area contributed by atoms with Crippen LogP contribution in [0, 0.1) is 6.92 Å². The van der Waals surface area contributed by atoms with Crippen LogP contribution in [0.3, 0.4) is 0 Å². The minimum atomic E-state index is -0.724. The average molecular weight is 273 g/mol. The number of amides is 2. The van der Waals surface area contributed by atoms with Gasteiger partial charge in [-0.2, -0.15) is 0 Å². The van der Waals surface area contributed by atoms with Gasteiger partial charge in [0.2, 0.25) is 0 Å². The quantitative estimate of drug-likeness (QED) is 0.799. The lowest BCUT2D eigenvalue weighted by molar-refractivity contribution is 0.167. The van der Waals surface area contributed by atoms with Crippen LogP contribution >= 0.6 is 0 Å². The Kier molecular flexibility index (Phi) is 4.42. The molecule has 0 spiro atoms. The van der Waals surface area contributed by atoms with Crippen molar-refractivity contribution >= 4 is 11.7 Å². The molecule has 1 unspecified atom stereocenters. The van der Waals surface area contributed by atoms with Gasteiger partial charge in [0.05, 0.1) is 6.54 Å². The van der Waals surface area contributed by atoms with E-state index in [2.05, 4.69) is 10.6 Å². The van der Waals surface area contributed by atoms with Gasteiger partial charge in [0.25, 0.3) is 0 Å². The van der Waals surface area contributed by atoms with Gasteiger partial charge in [-0.1, -0.05) is 12.1 Å². The molecule has 2 rings (SSSR count). The Morgan fingerprint density at radius 3 is 2.80 bits per heavy atom. The fourth-order valence-corrected chi connectivity index (χ4v) is 2.01. The molecule has 0 aliphatic rings. The number of carbonyl (C=O) groups excluding carboxylic acids is 1. The van der Waals surface area contributed by atoms with E-state index in [1.807, 2.05) is 61.1 Å². The monoisotopic (exact) mass is 273 g/mol. The number of anilines is 1. The van der Waals surface area contributed by atoms with Crippen molar-refractivity contribution < 1.29 is 9.90 Å². The van der Waals surface area contributed by atoms with Crippen LogP contribution in [-0.2, 0) is 7.05 Å². The van der Waals surface area contributed by atoms with E-state index in [-0.39, 0.29) is 12.6 Å². The predicted molar refractivity (Wildman–Crippen MR) is 78.6 cm³/mol. The highest BCUT2D eigenvalue weighted by Gasteiger charge is 2.11. The molecule has 0 fully saturated rings. The number of aliphatic hydroxyl groups excluding tert-OH is 1. The fourth-order valence-electron chi connectivity index (χ4n) is 2.01. The predicted octanol–water partition coefficient (Wildman–Crippen LogP) is 2.19. The van der Waals surface area contributed by atoms with Crippen LogP contribution < -0.4 is 10.6 Å². The number of hydrogen-bond donors (Lipinski definition) is 3. The van der Waals surface area contributed by atoms with Crippen molar-refractivity contribution in [1.29, 1.82) is 0 Å². The van der Waals surface area contributed by atoms with Crippen LogP contribution in [0.2, 0.25) is 0 Å². The first kappa shape index (κ1) is 14.1. The highest BCUT2D eigenvalue weighted by atomic mass is 16.3. The smallest absolute Gasteiger partial charge is 0.319 e. The molecule has 0 aliphatic heterocycles. The molecule has 0 saturated heterocycles. The second-order valence-electron chi connectivity index (χ2n) is 4.76. The third-order valence-electron chi connectivity index (χ3n) is 3.06. The van der Waals surface area contributed by atoms with Crippen molar-refractivity contribution in [1.82, 2.24) is 9.88 Å². The normalized spacial score (nSPS) is 11.9. The van der Waals surface area contributed by atoms with Crippen LogP contribution in [-0.4, -0.2) is 22.2 Å². The number of aliphatic hydroxyl groups is 1. The first-order valence-electron chi connectivity index (χ1n) is 6.47. The Bertz CT molecular complexity index is 592. The van der Waals surface area contributed by atoms with E-state index >= 15 is 0 Å². The summed E-state index contributed by atoms with van der Waals surface area (Å²) in [4.78, 5) is 11.7. The zero-order valence-corrected chi connectivity index (χ0v) is 11.6. The molecule has 106 valence electrons. The lowest BCUT2D eigenvalue weighted by Gasteiger charge is -2.13. The number of hydrogen-bond acceptors (Lipinski definition) is 2. The lowest BCUT2D eigenvalue weighted by atomic mass is 10.2. The SMILES string of the molecule is Cc1cccc(NC(=O)NCC(O)c2cccn2C)c1. The van der Waals surface area contributed by atoms with Crippen LogP contribution in [0.1, 0.15) is 17.4 Å². The zero-order valence-electron chi connectivity index (χ0n) is 11.6. The van der Waals surface area contributed by atoms with E-state index in [1.165, 1.54) is 0 Å². The van der Waals surface area contributed by atoms with Crippen molar-refractivity contribution in [2.75, 3.05) is 11.9 Å². The largest absolute Gasteiger partial charge is 0.385 e. The van der Waals surface area contributed by atoms with Crippen LogP contribution in [0.4, 0.5) is 10.5 Å². The molecule has 2 aromatic rings. The third-order valence-corrected chi connectivity index (χ3v) is 3.06. The standard InChI is InChI=1S/C15H19N3O2/c1-11-5-3-6-12(9-11)17-15(20)16-10-14(19)13-7-4-8-18(13)2/h3-9,14,19H,10H2,1-2H3,(H2,16,17,20). The first-order valence-corrected chi connectivity index (χ1v) is 6.47. The van der Waals surface area contributed by atoms with Gasteiger partial charge in [0.15, 0.2) is 0 Å².